The van der Waals surface area contributed by atoms with E-state index in [-0.39, 0.29) is 0 Å². The molecule has 0 saturated carbocycles. The zero-order valence-corrected chi connectivity index (χ0v) is 11.3. The number of likely N-dealkylation sites (tertiary alicyclic amines) is 1. The molecule has 100 valence electrons. The quantitative estimate of drug-likeness (QED) is 0.869. The summed E-state index contributed by atoms with van der Waals surface area (Å²) in [7, 11) is 1.78. The molecule has 2 rings (SSSR count). The van der Waals surface area contributed by atoms with Crippen LogP contribution in [0.25, 0.3) is 0 Å². The highest BCUT2D eigenvalue weighted by atomic mass is 16.5. The first-order chi connectivity index (χ1) is 8.69. The Labute approximate surface area is 109 Å². The molecule has 1 aliphatic rings. The third-order valence-electron chi connectivity index (χ3n) is 3.81. The van der Waals surface area contributed by atoms with E-state index in [9.17, 15) is 5.11 Å². The first-order valence-electron chi connectivity index (χ1n) is 6.70. The van der Waals surface area contributed by atoms with Crippen molar-refractivity contribution in [3.8, 4) is 5.75 Å². The van der Waals surface area contributed by atoms with Crippen LogP contribution in [0.5, 0.6) is 5.75 Å². The Bertz CT molecular complexity index is 363. The predicted molar refractivity (Wildman–Crippen MR) is 72.8 cm³/mol. The van der Waals surface area contributed by atoms with E-state index in [4.69, 9.17) is 4.74 Å². The number of methoxy groups -OCH3 is 1. The van der Waals surface area contributed by atoms with Crippen molar-refractivity contribution in [1.29, 1.82) is 0 Å². The van der Waals surface area contributed by atoms with Crippen molar-refractivity contribution in [1.82, 2.24) is 4.90 Å². The Morgan fingerprint density at radius 2 is 2.11 bits per heavy atom. The van der Waals surface area contributed by atoms with Crippen LogP contribution in [0.3, 0.4) is 0 Å². The van der Waals surface area contributed by atoms with Gasteiger partial charge in [-0.25, -0.2) is 0 Å². The van der Waals surface area contributed by atoms with Gasteiger partial charge in [0, 0.05) is 19.7 Å². The molecule has 0 amide bonds. The summed E-state index contributed by atoms with van der Waals surface area (Å²) in [5.41, 5.74) is 1.29. The second-order valence-electron chi connectivity index (χ2n) is 5.32. The molecule has 1 heterocycles. The van der Waals surface area contributed by atoms with Gasteiger partial charge in [-0.2, -0.15) is 0 Å². The van der Waals surface area contributed by atoms with Gasteiger partial charge >= 0.3 is 0 Å². The van der Waals surface area contributed by atoms with Crippen LogP contribution in [0.15, 0.2) is 24.3 Å². The van der Waals surface area contributed by atoms with Gasteiger partial charge in [0.05, 0.1) is 6.61 Å². The molecule has 0 radical (unpaired) electrons. The van der Waals surface area contributed by atoms with Crippen LogP contribution in [0.2, 0.25) is 0 Å². The third-order valence-corrected chi connectivity index (χ3v) is 3.81. The molecule has 1 fully saturated rings. The maximum atomic E-state index is 9.27. The summed E-state index contributed by atoms with van der Waals surface area (Å²) in [6.07, 6.45) is 2.29. The van der Waals surface area contributed by atoms with Crippen LogP contribution in [-0.4, -0.2) is 42.9 Å². The van der Waals surface area contributed by atoms with Gasteiger partial charge in [-0.3, -0.25) is 4.90 Å². The maximum absolute atomic E-state index is 9.27. The number of phenolic OH excluding ortho intramolecular Hbond substituents is 1. The van der Waals surface area contributed by atoms with Gasteiger partial charge < -0.3 is 9.84 Å². The van der Waals surface area contributed by atoms with Gasteiger partial charge in [0.15, 0.2) is 0 Å². The zero-order valence-electron chi connectivity index (χ0n) is 11.3. The fourth-order valence-corrected chi connectivity index (χ4v) is 2.74. The molecule has 3 nitrogen and oxygen atoms in total. The number of aromatic hydroxyl groups is 1. The molecule has 1 aliphatic heterocycles. The van der Waals surface area contributed by atoms with Crippen molar-refractivity contribution < 1.29 is 9.84 Å². The summed E-state index contributed by atoms with van der Waals surface area (Å²) < 4.78 is 5.23. The standard InChI is InChI=1S/C15H23NO2/c1-12(9-13-3-5-15(17)6-4-13)16-8-7-14(10-16)11-18-2/h3-6,12,14,17H,7-11H2,1-2H3. The van der Waals surface area contributed by atoms with Gasteiger partial charge in [0.2, 0.25) is 0 Å². The summed E-state index contributed by atoms with van der Waals surface area (Å²) in [5, 5.41) is 9.27. The van der Waals surface area contributed by atoms with Crippen molar-refractivity contribution in [2.45, 2.75) is 25.8 Å². The molecule has 2 unspecified atom stereocenters. The maximum Gasteiger partial charge on any atom is 0.115 e. The number of nitrogens with zero attached hydrogens (tertiary/aromatic N) is 1. The average molecular weight is 249 g/mol. The topological polar surface area (TPSA) is 32.7 Å². The molecular formula is C15H23NO2. The fraction of sp³-hybridized carbons (Fsp3) is 0.600. The van der Waals surface area contributed by atoms with E-state index < -0.39 is 0 Å². The normalized spacial score (nSPS) is 22.2. The Kier molecular flexibility index (Phi) is 4.61. The molecule has 1 saturated heterocycles. The lowest BCUT2D eigenvalue weighted by molar-refractivity contribution is 0.148. The van der Waals surface area contributed by atoms with E-state index in [2.05, 4.69) is 11.8 Å². The molecule has 0 bridgehead atoms. The van der Waals surface area contributed by atoms with Crippen LogP contribution >= 0.6 is 0 Å². The van der Waals surface area contributed by atoms with E-state index in [1.807, 2.05) is 12.1 Å². The van der Waals surface area contributed by atoms with E-state index in [1.165, 1.54) is 18.5 Å². The van der Waals surface area contributed by atoms with Crippen molar-refractivity contribution in [2.75, 3.05) is 26.8 Å². The lowest BCUT2D eigenvalue weighted by Crippen LogP contribution is -2.33. The molecule has 18 heavy (non-hydrogen) atoms. The second-order valence-corrected chi connectivity index (χ2v) is 5.32. The molecule has 0 spiro atoms. The van der Waals surface area contributed by atoms with Gasteiger partial charge in [0.25, 0.3) is 0 Å². The zero-order chi connectivity index (χ0) is 13.0. The first kappa shape index (κ1) is 13.4. The Morgan fingerprint density at radius 1 is 1.39 bits per heavy atom. The second kappa shape index (κ2) is 6.21. The molecule has 2 atom stereocenters. The summed E-state index contributed by atoms with van der Waals surface area (Å²) in [4.78, 5) is 2.54. The number of rotatable bonds is 5. The highest BCUT2D eigenvalue weighted by molar-refractivity contribution is 5.26. The average Bonchev–Trinajstić information content (AvgIpc) is 2.81. The SMILES string of the molecule is COCC1CCN(C(C)Cc2ccc(O)cc2)C1. The molecule has 1 aromatic rings. The van der Waals surface area contributed by atoms with Crippen LogP contribution in [-0.2, 0) is 11.2 Å². The smallest absolute Gasteiger partial charge is 0.115 e. The van der Waals surface area contributed by atoms with Crippen molar-refractivity contribution >= 4 is 0 Å². The Hall–Kier alpha value is -1.06. The summed E-state index contributed by atoms with van der Waals surface area (Å²) >= 11 is 0. The van der Waals surface area contributed by atoms with Gasteiger partial charge in [-0.05, 0) is 49.9 Å². The van der Waals surface area contributed by atoms with Crippen molar-refractivity contribution in [3.63, 3.8) is 0 Å². The van der Waals surface area contributed by atoms with E-state index in [0.29, 0.717) is 17.7 Å². The van der Waals surface area contributed by atoms with E-state index in [0.717, 1.165) is 19.6 Å². The van der Waals surface area contributed by atoms with E-state index in [1.54, 1.807) is 19.2 Å². The highest BCUT2D eigenvalue weighted by Crippen LogP contribution is 2.21. The van der Waals surface area contributed by atoms with Crippen molar-refractivity contribution in [2.24, 2.45) is 5.92 Å². The highest BCUT2D eigenvalue weighted by Gasteiger charge is 2.25. The summed E-state index contributed by atoms with van der Waals surface area (Å²) in [6.45, 7) is 5.48. The monoisotopic (exact) mass is 249 g/mol. The van der Waals surface area contributed by atoms with Crippen LogP contribution in [0.4, 0.5) is 0 Å². The van der Waals surface area contributed by atoms with E-state index >= 15 is 0 Å². The molecular weight excluding hydrogens is 226 g/mol. The van der Waals surface area contributed by atoms with Gasteiger partial charge in [-0.1, -0.05) is 12.1 Å². The number of hydrogen-bond acceptors (Lipinski definition) is 3. The van der Waals surface area contributed by atoms with Crippen LogP contribution in [0, 0.1) is 5.92 Å². The first-order valence-corrected chi connectivity index (χ1v) is 6.70. The largest absolute Gasteiger partial charge is 0.508 e. The number of benzene rings is 1. The minimum absolute atomic E-state index is 0.340. The molecule has 0 aliphatic carbocycles. The lowest BCUT2D eigenvalue weighted by Gasteiger charge is -2.24. The third kappa shape index (κ3) is 3.47. The molecule has 0 aromatic heterocycles. The minimum Gasteiger partial charge on any atom is -0.508 e. The Balaban J connectivity index is 1.85. The fourth-order valence-electron chi connectivity index (χ4n) is 2.74. The van der Waals surface area contributed by atoms with Crippen LogP contribution in [0.1, 0.15) is 18.9 Å². The number of hydrogen-bond donors (Lipinski definition) is 1. The van der Waals surface area contributed by atoms with Crippen LogP contribution < -0.4 is 0 Å². The molecule has 1 aromatic carbocycles. The van der Waals surface area contributed by atoms with Crippen molar-refractivity contribution in [3.05, 3.63) is 29.8 Å². The van der Waals surface area contributed by atoms with Gasteiger partial charge in [-0.15, -0.1) is 0 Å². The predicted octanol–water partition coefficient (Wildman–Crippen LogP) is 2.29. The molecule has 1 N–H and O–H groups in total. The van der Waals surface area contributed by atoms with Gasteiger partial charge in [0.1, 0.15) is 5.75 Å². The summed E-state index contributed by atoms with van der Waals surface area (Å²) in [5.74, 6) is 1.03. The minimum atomic E-state index is 0.340. The lowest BCUT2D eigenvalue weighted by atomic mass is 10.1. The molecule has 3 heteroatoms. The summed E-state index contributed by atoms with van der Waals surface area (Å²) in [6, 6.07) is 8.10. The Morgan fingerprint density at radius 3 is 2.78 bits per heavy atom. The number of phenols is 1. The number of ether oxygens (including phenoxy) is 1.